The quantitative estimate of drug-likeness (QED) is 0.589. The molecule has 17 heavy (non-hydrogen) atoms. The van der Waals surface area contributed by atoms with Gasteiger partial charge in [0.05, 0.1) is 6.20 Å². The molecule has 1 rings (SSSR count). The van der Waals surface area contributed by atoms with E-state index in [1.54, 1.807) is 0 Å². The smallest absolute Gasteiger partial charge is 0.339 e. The molecule has 3 N–H and O–H groups in total. The van der Waals surface area contributed by atoms with Crippen LogP contribution in [0, 0.1) is 0 Å². The average molecular weight is 239 g/mol. The van der Waals surface area contributed by atoms with Crippen LogP contribution in [0.1, 0.15) is 36.0 Å². The number of anilines is 1. The topological polar surface area (TPSA) is 95.3 Å². The fourth-order valence-corrected chi connectivity index (χ4v) is 1.43. The summed E-state index contributed by atoms with van der Waals surface area (Å²) in [6.45, 7) is 0.880. The molecule has 6 heteroatoms. The van der Waals surface area contributed by atoms with Crippen LogP contribution in [0.5, 0.6) is 0 Å². The minimum atomic E-state index is -1.01. The van der Waals surface area contributed by atoms with Crippen molar-refractivity contribution in [1.82, 2.24) is 10.2 Å². The highest BCUT2D eigenvalue weighted by molar-refractivity contribution is 5.92. The maximum Gasteiger partial charge on any atom is 0.339 e. The second kappa shape index (κ2) is 7.56. The normalized spacial score (nSPS) is 10.2. The van der Waals surface area contributed by atoms with E-state index in [1.165, 1.54) is 12.3 Å². The van der Waals surface area contributed by atoms with Gasteiger partial charge in [0.2, 0.25) is 0 Å². The number of hydrogen-bond acceptors (Lipinski definition) is 5. The van der Waals surface area contributed by atoms with Gasteiger partial charge < -0.3 is 15.5 Å². The Labute approximate surface area is 99.7 Å². The molecule has 0 saturated carbocycles. The maximum absolute atomic E-state index is 10.9. The van der Waals surface area contributed by atoms with Crippen molar-refractivity contribution in [2.75, 3.05) is 18.5 Å². The van der Waals surface area contributed by atoms with Crippen LogP contribution < -0.4 is 5.32 Å². The summed E-state index contributed by atoms with van der Waals surface area (Å²) in [6.07, 6.45) is 5.05. The van der Waals surface area contributed by atoms with Crippen LogP contribution in [0.15, 0.2) is 12.3 Å². The van der Waals surface area contributed by atoms with Crippen LogP contribution in [-0.4, -0.2) is 39.5 Å². The summed E-state index contributed by atoms with van der Waals surface area (Å²) in [5, 5.41) is 27.9. The fraction of sp³-hybridized carbons (Fsp3) is 0.545. The predicted octanol–water partition coefficient (Wildman–Crippen LogP) is 1.14. The predicted molar refractivity (Wildman–Crippen MR) is 63.0 cm³/mol. The lowest BCUT2D eigenvalue weighted by Gasteiger charge is -2.06. The third-order valence-corrected chi connectivity index (χ3v) is 2.33. The number of aromatic carboxylic acids is 1. The zero-order valence-corrected chi connectivity index (χ0v) is 9.59. The lowest BCUT2D eigenvalue weighted by molar-refractivity contribution is 0.0697. The van der Waals surface area contributed by atoms with Crippen LogP contribution in [0.3, 0.4) is 0 Å². The summed E-state index contributed by atoms with van der Waals surface area (Å²) in [5.41, 5.74) is 0.135. The summed E-state index contributed by atoms with van der Waals surface area (Å²) in [6, 6.07) is 1.42. The van der Waals surface area contributed by atoms with Crippen molar-refractivity contribution in [1.29, 1.82) is 0 Å². The highest BCUT2D eigenvalue weighted by Crippen LogP contribution is 2.10. The zero-order valence-electron chi connectivity index (χ0n) is 9.59. The first-order valence-electron chi connectivity index (χ1n) is 5.65. The summed E-state index contributed by atoms with van der Waals surface area (Å²) in [5.74, 6) is -0.704. The van der Waals surface area contributed by atoms with E-state index in [2.05, 4.69) is 15.5 Å². The lowest BCUT2D eigenvalue weighted by atomic mass is 10.2. The number of hydrogen-bond donors (Lipinski definition) is 3. The number of carboxylic acids is 1. The molecule has 0 bridgehead atoms. The number of rotatable bonds is 8. The SMILES string of the molecule is O=C(O)c1ccnnc1NCCCCCCO. The molecule has 0 fully saturated rings. The van der Waals surface area contributed by atoms with Gasteiger partial charge in [-0.25, -0.2) is 4.79 Å². The highest BCUT2D eigenvalue weighted by Gasteiger charge is 2.10. The van der Waals surface area contributed by atoms with Crippen molar-refractivity contribution >= 4 is 11.8 Å². The van der Waals surface area contributed by atoms with Gasteiger partial charge in [-0.05, 0) is 18.9 Å². The summed E-state index contributed by atoms with van der Waals surface area (Å²) < 4.78 is 0. The summed E-state index contributed by atoms with van der Waals surface area (Å²) in [4.78, 5) is 10.9. The van der Waals surface area contributed by atoms with Crippen LogP contribution in [0.25, 0.3) is 0 Å². The Balaban J connectivity index is 2.34. The molecule has 0 aliphatic rings. The van der Waals surface area contributed by atoms with Crippen molar-refractivity contribution in [3.8, 4) is 0 Å². The molecule has 0 saturated heterocycles. The van der Waals surface area contributed by atoms with Crippen LogP contribution in [0.4, 0.5) is 5.82 Å². The number of aromatic nitrogens is 2. The van der Waals surface area contributed by atoms with Crippen LogP contribution in [-0.2, 0) is 0 Å². The maximum atomic E-state index is 10.9. The molecule has 6 nitrogen and oxygen atoms in total. The molecule has 0 aromatic carbocycles. The molecule has 1 heterocycles. The summed E-state index contributed by atoms with van der Waals surface area (Å²) in [7, 11) is 0. The molecule has 0 aliphatic carbocycles. The van der Waals surface area contributed by atoms with E-state index in [0.29, 0.717) is 12.4 Å². The van der Waals surface area contributed by atoms with Crippen molar-refractivity contribution in [3.63, 3.8) is 0 Å². The van der Waals surface area contributed by atoms with Gasteiger partial charge in [-0.2, -0.15) is 5.10 Å². The first-order chi connectivity index (χ1) is 8.25. The van der Waals surface area contributed by atoms with E-state index in [9.17, 15) is 4.79 Å². The van der Waals surface area contributed by atoms with Gasteiger partial charge in [-0.3, -0.25) is 0 Å². The highest BCUT2D eigenvalue weighted by atomic mass is 16.4. The first-order valence-corrected chi connectivity index (χ1v) is 5.65. The number of unbranched alkanes of at least 4 members (excludes halogenated alkanes) is 3. The Kier molecular flexibility index (Phi) is 5.95. The minimum absolute atomic E-state index is 0.135. The molecule has 0 spiro atoms. The first kappa shape index (κ1) is 13.4. The van der Waals surface area contributed by atoms with Gasteiger partial charge in [0.15, 0.2) is 5.82 Å². The minimum Gasteiger partial charge on any atom is -0.478 e. The Morgan fingerprint density at radius 1 is 1.29 bits per heavy atom. The van der Waals surface area contributed by atoms with Gasteiger partial charge in [0.25, 0.3) is 0 Å². The van der Waals surface area contributed by atoms with Crippen LogP contribution in [0.2, 0.25) is 0 Å². The molecule has 1 aromatic rings. The molecular weight excluding hydrogens is 222 g/mol. The fourth-order valence-electron chi connectivity index (χ4n) is 1.43. The van der Waals surface area contributed by atoms with E-state index < -0.39 is 5.97 Å². The molecule has 1 aromatic heterocycles. The number of nitrogens with zero attached hydrogens (tertiary/aromatic N) is 2. The Bertz CT molecular complexity index is 358. The number of carbonyl (C=O) groups is 1. The van der Waals surface area contributed by atoms with Crippen molar-refractivity contribution in [2.45, 2.75) is 25.7 Å². The second-order valence-electron chi connectivity index (χ2n) is 3.66. The standard InChI is InChI=1S/C11H17N3O3/c15-8-4-2-1-3-6-12-10-9(11(16)17)5-7-13-14-10/h5,7,15H,1-4,6,8H2,(H,12,14)(H,16,17). The van der Waals surface area contributed by atoms with Gasteiger partial charge in [-0.1, -0.05) is 12.8 Å². The Hall–Kier alpha value is -1.69. The number of aliphatic hydroxyl groups is 1. The molecule has 0 radical (unpaired) electrons. The monoisotopic (exact) mass is 239 g/mol. The van der Waals surface area contributed by atoms with E-state index in [-0.39, 0.29) is 12.2 Å². The molecule has 0 amide bonds. The molecule has 0 unspecified atom stereocenters. The molecular formula is C11H17N3O3. The number of aliphatic hydroxyl groups excluding tert-OH is 1. The van der Waals surface area contributed by atoms with Gasteiger partial charge >= 0.3 is 5.97 Å². The molecule has 94 valence electrons. The third kappa shape index (κ3) is 4.78. The second-order valence-corrected chi connectivity index (χ2v) is 3.66. The Morgan fingerprint density at radius 3 is 2.76 bits per heavy atom. The van der Waals surface area contributed by atoms with Crippen molar-refractivity contribution in [2.24, 2.45) is 0 Å². The Morgan fingerprint density at radius 2 is 2.06 bits per heavy atom. The van der Waals surface area contributed by atoms with Crippen molar-refractivity contribution in [3.05, 3.63) is 17.8 Å². The molecule has 0 atom stereocenters. The van der Waals surface area contributed by atoms with E-state index >= 15 is 0 Å². The molecule has 0 aliphatic heterocycles. The lowest BCUT2D eigenvalue weighted by Crippen LogP contribution is -2.10. The largest absolute Gasteiger partial charge is 0.478 e. The van der Waals surface area contributed by atoms with E-state index in [4.69, 9.17) is 10.2 Å². The van der Waals surface area contributed by atoms with E-state index in [1.807, 2.05) is 0 Å². The van der Waals surface area contributed by atoms with E-state index in [0.717, 1.165) is 25.7 Å². The number of carboxylic acid groups (broad SMARTS) is 1. The van der Waals surface area contributed by atoms with Gasteiger partial charge in [0.1, 0.15) is 5.56 Å². The van der Waals surface area contributed by atoms with Crippen molar-refractivity contribution < 1.29 is 15.0 Å². The average Bonchev–Trinajstić information content (AvgIpc) is 2.34. The van der Waals surface area contributed by atoms with Gasteiger partial charge in [0, 0.05) is 13.2 Å². The summed E-state index contributed by atoms with van der Waals surface area (Å²) >= 11 is 0. The van der Waals surface area contributed by atoms with Crippen LogP contribution >= 0.6 is 0 Å². The number of nitrogens with one attached hydrogen (secondary N) is 1. The third-order valence-electron chi connectivity index (χ3n) is 2.33. The zero-order chi connectivity index (χ0) is 12.5. The van der Waals surface area contributed by atoms with Gasteiger partial charge in [-0.15, -0.1) is 5.10 Å².